The molecule has 146 valence electrons. The van der Waals surface area contributed by atoms with E-state index in [4.69, 9.17) is 9.47 Å². The fourth-order valence-electron chi connectivity index (χ4n) is 2.44. The SMILES string of the molecule is COc1ccc(S(=O)(=O)CNc2c(C)cccc2C(=O)OC(C)(C)C)cc1. The number of aryl methyl sites for hydroxylation is 1. The van der Waals surface area contributed by atoms with Crippen molar-refractivity contribution in [2.24, 2.45) is 0 Å². The molecule has 27 heavy (non-hydrogen) atoms. The first-order valence-corrected chi connectivity index (χ1v) is 10.1. The van der Waals surface area contributed by atoms with Crippen LogP contribution in [0.3, 0.4) is 0 Å². The lowest BCUT2D eigenvalue weighted by atomic mass is 10.1. The zero-order chi connectivity index (χ0) is 20.2. The number of nitrogens with one attached hydrogen (secondary N) is 1. The van der Waals surface area contributed by atoms with E-state index in [2.05, 4.69) is 5.32 Å². The van der Waals surface area contributed by atoms with Crippen LogP contribution in [0, 0.1) is 6.92 Å². The van der Waals surface area contributed by atoms with E-state index in [1.807, 2.05) is 0 Å². The van der Waals surface area contributed by atoms with E-state index in [1.165, 1.54) is 19.2 Å². The summed E-state index contributed by atoms with van der Waals surface area (Å²) in [4.78, 5) is 12.6. The Morgan fingerprint density at radius 3 is 2.26 bits per heavy atom. The number of hydrogen-bond acceptors (Lipinski definition) is 6. The van der Waals surface area contributed by atoms with Gasteiger partial charge in [0.25, 0.3) is 0 Å². The summed E-state index contributed by atoms with van der Waals surface area (Å²) in [6.07, 6.45) is 0. The first kappa shape index (κ1) is 20.8. The number of carbonyl (C=O) groups excluding carboxylic acids is 1. The molecule has 7 heteroatoms. The van der Waals surface area contributed by atoms with Crippen LogP contribution < -0.4 is 10.1 Å². The minimum Gasteiger partial charge on any atom is -0.497 e. The highest BCUT2D eigenvalue weighted by molar-refractivity contribution is 7.91. The zero-order valence-corrected chi connectivity index (χ0v) is 17.0. The van der Waals surface area contributed by atoms with Crippen LogP contribution in [0.25, 0.3) is 0 Å². The van der Waals surface area contributed by atoms with Gasteiger partial charge in [0, 0.05) is 0 Å². The average molecular weight is 391 g/mol. The van der Waals surface area contributed by atoms with Gasteiger partial charge in [-0.3, -0.25) is 0 Å². The van der Waals surface area contributed by atoms with Gasteiger partial charge in [-0.25, -0.2) is 13.2 Å². The maximum Gasteiger partial charge on any atom is 0.340 e. The van der Waals surface area contributed by atoms with Gasteiger partial charge in [-0.2, -0.15) is 0 Å². The zero-order valence-electron chi connectivity index (χ0n) is 16.2. The fraction of sp³-hybridized carbons (Fsp3) is 0.350. The van der Waals surface area contributed by atoms with Gasteiger partial charge in [-0.1, -0.05) is 12.1 Å². The number of esters is 1. The quantitative estimate of drug-likeness (QED) is 0.754. The van der Waals surface area contributed by atoms with Crippen molar-refractivity contribution in [1.82, 2.24) is 0 Å². The Bertz CT molecular complexity index is 912. The molecule has 0 atom stereocenters. The molecule has 0 aromatic heterocycles. The van der Waals surface area contributed by atoms with Gasteiger partial charge < -0.3 is 14.8 Å². The summed E-state index contributed by atoms with van der Waals surface area (Å²) in [5.41, 5.74) is 0.856. The number of ether oxygens (including phenoxy) is 2. The monoisotopic (exact) mass is 391 g/mol. The molecule has 0 saturated carbocycles. The van der Waals surface area contributed by atoms with Crippen LogP contribution in [0.4, 0.5) is 5.69 Å². The van der Waals surface area contributed by atoms with Gasteiger partial charge >= 0.3 is 5.97 Å². The Morgan fingerprint density at radius 1 is 1.07 bits per heavy atom. The van der Waals surface area contributed by atoms with Gasteiger partial charge in [0.1, 0.15) is 17.2 Å². The van der Waals surface area contributed by atoms with Crippen molar-refractivity contribution in [3.05, 3.63) is 53.6 Å². The molecule has 0 spiro atoms. The molecule has 0 aliphatic carbocycles. The summed E-state index contributed by atoms with van der Waals surface area (Å²) in [6.45, 7) is 7.14. The molecule has 0 unspecified atom stereocenters. The number of sulfone groups is 1. The van der Waals surface area contributed by atoms with Crippen LogP contribution >= 0.6 is 0 Å². The molecule has 1 N–H and O–H groups in total. The number of carbonyl (C=O) groups is 1. The van der Waals surface area contributed by atoms with Gasteiger partial charge in [-0.05, 0) is 63.6 Å². The molecule has 0 saturated heterocycles. The summed E-state index contributed by atoms with van der Waals surface area (Å²) < 4.78 is 35.7. The van der Waals surface area contributed by atoms with Crippen molar-refractivity contribution in [2.45, 2.75) is 38.2 Å². The molecular formula is C20H25NO5S. The number of para-hydroxylation sites is 1. The van der Waals surface area contributed by atoms with Crippen LogP contribution in [-0.2, 0) is 14.6 Å². The predicted octanol–water partition coefficient (Wildman–Crippen LogP) is 3.80. The Morgan fingerprint density at radius 2 is 1.70 bits per heavy atom. The highest BCUT2D eigenvalue weighted by atomic mass is 32.2. The van der Waals surface area contributed by atoms with Crippen molar-refractivity contribution in [1.29, 1.82) is 0 Å². The standard InChI is InChI=1S/C20H25NO5S/c1-14-7-6-8-17(19(22)26-20(2,3)4)18(14)21-13-27(23,24)16-11-9-15(25-5)10-12-16/h6-12,21H,13H2,1-5H3. The Labute approximate surface area is 160 Å². The van der Waals surface area contributed by atoms with Gasteiger partial charge in [0.15, 0.2) is 9.84 Å². The van der Waals surface area contributed by atoms with Crippen LogP contribution in [0.1, 0.15) is 36.7 Å². The summed E-state index contributed by atoms with van der Waals surface area (Å²) in [5.74, 6) is -0.274. The fourth-order valence-corrected chi connectivity index (χ4v) is 3.49. The number of methoxy groups -OCH3 is 1. The van der Waals surface area contributed by atoms with E-state index < -0.39 is 21.4 Å². The van der Waals surface area contributed by atoms with E-state index in [1.54, 1.807) is 58.0 Å². The highest BCUT2D eigenvalue weighted by Gasteiger charge is 2.22. The van der Waals surface area contributed by atoms with Gasteiger partial charge in [-0.15, -0.1) is 0 Å². The second-order valence-electron chi connectivity index (χ2n) is 7.11. The topological polar surface area (TPSA) is 81.7 Å². The van der Waals surface area contributed by atoms with Crippen LogP contribution in [0.2, 0.25) is 0 Å². The minimum absolute atomic E-state index is 0.170. The van der Waals surface area contributed by atoms with E-state index in [0.717, 1.165) is 5.56 Å². The van der Waals surface area contributed by atoms with E-state index in [9.17, 15) is 13.2 Å². The second-order valence-corrected chi connectivity index (χ2v) is 9.10. The minimum atomic E-state index is -3.60. The number of benzene rings is 2. The molecule has 0 radical (unpaired) electrons. The summed E-state index contributed by atoms with van der Waals surface area (Å²) in [6, 6.07) is 11.3. The molecule has 0 heterocycles. The molecule has 2 aromatic rings. The average Bonchev–Trinajstić information content (AvgIpc) is 2.59. The predicted molar refractivity (Wildman–Crippen MR) is 105 cm³/mol. The summed E-state index contributed by atoms with van der Waals surface area (Å²) >= 11 is 0. The summed E-state index contributed by atoms with van der Waals surface area (Å²) in [5, 5.41) is 2.90. The Balaban J connectivity index is 2.25. The van der Waals surface area contributed by atoms with Gasteiger partial charge in [0.2, 0.25) is 0 Å². The maximum absolute atomic E-state index is 12.6. The first-order valence-electron chi connectivity index (χ1n) is 8.47. The van der Waals surface area contributed by atoms with Crippen molar-refractivity contribution in [2.75, 3.05) is 18.3 Å². The lowest BCUT2D eigenvalue weighted by molar-refractivity contribution is 0.00705. The highest BCUT2D eigenvalue weighted by Crippen LogP contribution is 2.25. The van der Waals surface area contributed by atoms with E-state index in [-0.39, 0.29) is 10.8 Å². The molecule has 6 nitrogen and oxygen atoms in total. The van der Waals surface area contributed by atoms with Crippen molar-refractivity contribution < 1.29 is 22.7 Å². The Hall–Kier alpha value is -2.54. The molecular weight excluding hydrogens is 366 g/mol. The second kappa shape index (κ2) is 8.00. The van der Waals surface area contributed by atoms with Crippen molar-refractivity contribution in [3.8, 4) is 5.75 Å². The maximum atomic E-state index is 12.6. The third kappa shape index (κ3) is 5.47. The smallest absolute Gasteiger partial charge is 0.340 e. The van der Waals surface area contributed by atoms with Gasteiger partial charge in [0.05, 0.1) is 23.3 Å². The molecule has 0 bridgehead atoms. The molecule has 0 aliphatic rings. The molecule has 2 aromatic carbocycles. The van der Waals surface area contributed by atoms with Crippen molar-refractivity contribution in [3.63, 3.8) is 0 Å². The molecule has 0 aliphatic heterocycles. The van der Waals surface area contributed by atoms with Crippen LogP contribution in [0.5, 0.6) is 5.75 Å². The van der Waals surface area contributed by atoms with Crippen LogP contribution in [-0.4, -0.2) is 33.0 Å². The third-order valence-corrected chi connectivity index (χ3v) is 5.26. The molecule has 2 rings (SSSR count). The van der Waals surface area contributed by atoms with E-state index in [0.29, 0.717) is 17.0 Å². The van der Waals surface area contributed by atoms with Crippen LogP contribution in [0.15, 0.2) is 47.4 Å². The lowest BCUT2D eigenvalue weighted by Crippen LogP contribution is -2.25. The summed E-state index contributed by atoms with van der Waals surface area (Å²) in [7, 11) is -2.08. The first-order chi connectivity index (χ1) is 12.5. The molecule has 0 fully saturated rings. The number of anilines is 1. The number of hydrogen-bond donors (Lipinski definition) is 1. The molecule has 0 amide bonds. The largest absolute Gasteiger partial charge is 0.497 e. The third-order valence-electron chi connectivity index (χ3n) is 3.75. The Kier molecular flexibility index (Phi) is 6.15. The van der Waals surface area contributed by atoms with E-state index >= 15 is 0 Å². The van der Waals surface area contributed by atoms with Crippen molar-refractivity contribution >= 4 is 21.5 Å². The number of rotatable bonds is 6. The lowest BCUT2D eigenvalue weighted by Gasteiger charge is -2.21. The normalized spacial score (nSPS) is 11.7.